The molecular formula is C103H114ClN27O. The van der Waals surface area contributed by atoms with E-state index in [2.05, 4.69) is 233 Å². The molecule has 0 N–H and O–H groups in total. The first kappa shape index (κ1) is 85.9. The fourth-order valence-electron chi connectivity index (χ4n) is 20.6. The van der Waals surface area contributed by atoms with Gasteiger partial charge in [-0.05, 0) is 205 Å². The fraction of sp³-hybridized carbons (Fsp3) is 0.369. The molecule has 28 nitrogen and oxygen atoms in total. The molecule has 0 unspecified atom stereocenters. The lowest BCUT2D eigenvalue weighted by Gasteiger charge is -2.42. The number of nitrogens with zero attached hydrogens (tertiary/aromatic N) is 27. The summed E-state index contributed by atoms with van der Waals surface area (Å²) in [6.45, 7) is 34.1. The Morgan fingerprint density at radius 1 is 0.303 bits per heavy atom. The van der Waals surface area contributed by atoms with Crippen molar-refractivity contribution in [2.45, 2.75) is 91.3 Å². The van der Waals surface area contributed by atoms with Crippen molar-refractivity contribution in [3.05, 3.63) is 241 Å². The normalized spacial score (nSPS) is 17.7. The largest absolute Gasteiger partial charge is 0.379 e. The summed E-state index contributed by atoms with van der Waals surface area (Å²) in [5, 5.41) is 23.8. The van der Waals surface area contributed by atoms with Crippen LogP contribution in [-0.4, -0.2) is 284 Å². The summed E-state index contributed by atoms with van der Waals surface area (Å²) >= 11 is 6.33. The van der Waals surface area contributed by atoms with Crippen LogP contribution in [0.5, 0.6) is 0 Å². The van der Waals surface area contributed by atoms with Crippen molar-refractivity contribution < 1.29 is 4.74 Å². The highest BCUT2D eigenvalue weighted by atomic mass is 35.5. The number of halogens is 1. The van der Waals surface area contributed by atoms with Crippen LogP contribution in [0.3, 0.4) is 0 Å². The monoisotopic (exact) mass is 1780 g/mol. The van der Waals surface area contributed by atoms with Gasteiger partial charge in [0.15, 0.2) is 22.6 Å². The predicted octanol–water partition coefficient (Wildman–Crippen LogP) is 15.4. The molecule has 7 aliphatic heterocycles. The minimum Gasteiger partial charge on any atom is -0.379 e. The average Bonchev–Trinajstić information content (AvgIpc) is 1.61. The Morgan fingerprint density at radius 2 is 0.689 bits per heavy atom. The van der Waals surface area contributed by atoms with Crippen LogP contribution in [0.25, 0.3) is 111 Å². The number of aromatic nitrogens is 17. The third-order valence-electron chi connectivity index (χ3n) is 28.5. The summed E-state index contributed by atoms with van der Waals surface area (Å²) < 4.78 is 13.2. The van der Waals surface area contributed by atoms with Gasteiger partial charge in [-0.3, -0.25) is 39.6 Å². The van der Waals surface area contributed by atoms with Crippen LogP contribution in [0, 0.1) is 34.6 Å². The van der Waals surface area contributed by atoms with E-state index in [0.717, 1.165) is 241 Å². The van der Waals surface area contributed by atoms with Gasteiger partial charge in [0.1, 0.15) is 0 Å². The van der Waals surface area contributed by atoms with E-state index < -0.39 is 0 Å². The van der Waals surface area contributed by atoms with Crippen molar-refractivity contribution in [3.63, 3.8) is 0 Å². The van der Waals surface area contributed by atoms with Gasteiger partial charge in [-0.25, -0.2) is 38.0 Å². The van der Waals surface area contributed by atoms with Crippen molar-refractivity contribution >= 4 is 106 Å². The second-order valence-corrected chi connectivity index (χ2v) is 37.1. The van der Waals surface area contributed by atoms with Gasteiger partial charge >= 0.3 is 0 Å². The lowest BCUT2D eigenvalue weighted by molar-refractivity contribution is 0.0115. The van der Waals surface area contributed by atoms with E-state index in [1.54, 1.807) is 0 Å². The van der Waals surface area contributed by atoms with Gasteiger partial charge in [-0.1, -0.05) is 41.4 Å². The molecule has 24 rings (SSSR count). The van der Waals surface area contributed by atoms with Crippen molar-refractivity contribution in [1.82, 2.24) is 108 Å². The van der Waals surface area contributed by atoms with Crippen molar-refractivity contribution in [3.8, 4) is 44.5 Å². The smallest absolute Gasteiger partial charge is 0.162 e. The number of ether oxygens (including phenoxy) is 1. The van der Waals surface area contributed by atoms with Crippen LogP contribution in [0.4, 0.5) is 28.4 Å². The molecule has 20 heterocycles. The summed E-state index contributed by atoms with van der Waals surface area (Å²) in [5.74, 6) is 0. The highest BCUT2D eigenvalue weighted by Crippen LogP contribution is 2.39. The van der Waals surface area contributed by atoms with Crippen LogP contribution in [0.2, 0.25) is 5.02 Å². The summed E-state index contributed by atoms with van der Waals surface area (Å²) in [6.07, 6.45) is 40.6. The number of pyridine rings is 5. The number of hydrogen-bond acceptors (Lipinski definition) is 24. The van der Waals surface area contributed by atoms with E-state index in [4.69, 9.17) is 36.3 Å². The number of rotatable bonds is 12. The van der Waals surface area contributed by atoms with E-state index in [0.29, 0.717) is 18.1 Å². The van der Waals surface area contributed by atoms with E-state index >= 15 is 0 Å². The Kier molecular flexibility index (Phi) is 24.6. The highest BCUT2D eigenvalue weighted by Gasteiger charge is 2.32. The third kappa shape index (κ3) is 17.9. The van der Waals surface area contributed by atoms with Gasteiger partial charge in [0.25, 0.3) is 0 Å². The standard InChI is InChI=1S/C27H33N7.C26H30ClN7.C25H23N7.C25H28N6O/c1-19-14-24-23(4-7-28-26(24)15-20(19)2)25-17-30-34-18-22(16-29-27(25)34)32-8-5-21(6-9-32)33-12-10-31(3)11-13-33;1-18-13-22-21(3-6-28-25(22)14-24(18)27)23-16-30-34-17-20(15-29-26(23)34)32-7-4-19(5-8-32)33-11-9-31(2)10-12-33;1-18-14-22(21-4-2-3-5-24(21)29-18)23-16-28-32-17-20(15-27-25(23)32)31-12-10-30(11-13-31)19-6-8-26-9-7-19;1-18-2-3-24-22(14-18)21(4-7-26-24)23-16-28-31-17-20(15-27-25(23)31)29-8-5-19(6-9-29)30-10-12-32-13-11-30/h4,7,14-18,21H,5-6,8-13H2,1-3H3;3,6,13-17,19H,4-5,7-12H2,1-2H3;2-9,14-17H,10-13H2,1H3;2-4,7,14-17,19H,5-6,8-13H2,1H3. The maximum absolute atomic E-state index is 6.33. The van der Waals surface area contributed by atoms with Crippen LogP contribution < -0.4 is 24.5 Å². The van der Waals surface area contributed by atoms with E-state index in [-0.39, 0.29) is 0 Å². The van der Waals surface area contributed by atoms with Gasteiger partial charge in [-0.2, -0.15) is 20.4 Å². The number of piperidine rings is 3. The lowest BCUT2D eigenvalue weighted by atomic mass is 9.99. The Morgan fingerprint density at radius 3 is 1.15 bits per heavy atom. The molecule has 0 amide bonds. The molecule has 0 atom stereocenters. The van der Waals surface area contributed by atoms with Crippen LogP contribution >= 0.6 is 11.6 Å². The van der Waals surface area contributed by atoms with Crippen LogP contribution in [0.1, 0.15) is 66.5 Å². The number of anilines is 5. The molecule has 7 saturated heterocycles. The summed E-state index contributed by atoms with van der Waals surface area (Å²) in [7, 11) is 4.44. The van der Waals surface area contributed by atoms with Crippen molar-refractivity contribution in [1.29, 1.82) is 0 Å². The zero-order valence-corrected chi connectivity index (χ0v) is 77.3. The molecule has 29 heteroatoms. The van der Waals surface area contributed by atoms with E-state index in [1.165, 1.54) is 113 Å². The number of likely N-dealkylation sites (N-methyl/N-ethyl adjacent to an activating group) is 2. The Hall–Kier alpha value is -12.8. The van der Waals surface area contributed by atoms with E-state index in [9.17, 15) is 0 Å². The fourth-order valence-corrected chi connectivity index (χ4v) is 20.8. The molecule has 13 aromatic heterocycles. The van der Waals surface area contributed by atoms with Gasteiger partial charge < -0.3 is 39.0 Å². The maximum Gasteiger partial charge on any atom is 0.162 e. The van der Waals surface area contributed by atoms with Gasteiger partial charge in [0.2, 0.25) is 0 Å². The van der Waals surface area contributed by atoms with Crippen molar-refractivity contribution in [2.24, 2.45) is 0 Å². The zero-order chi connectivity index (χ0) is 89.5. The van der Waals surface area contributed by atoms with Crippen molar-refractivity contribution in [2.75, 3.05) is 183 Å². The number of benzene rings is 4. The topological polar surface area (TPSA) is 227 Å². The number of hydrogen-bond donors (Lipinski definition) is 0. The highest BCUT2D eigenvalue weighted by molar-refractivity contribution is 6.32. The number of fused-ring (bicyclic) bond motifs is 8. The molecule has 7 fully saturated rings. The molecule has 0 aliphatic carbocycles. The van der Waals surface area contributed by atoms with Crippen LogP contribution in [0.15, 0.2) is 208 Å². The summed E-state index contributed by atoms with van der Waals surface area (Å²) in [6, 6.07) is 37.5. The second-order valence-electron chi connectivity index (χ2n) is 36.7. The number of morpholine rings is 1. The molecule has 0 radical (unpaired) electrons. The van der Waals surface area contributed by atoms with Gasteiger partial charge in [-0.15, -0.1) is 0 Å². The van der Waals surface area contributed by atoms with Crippen LogP contribution in [-0.2, 0) is 4.74 Å². The Balaban J connectivity index is 0.000000106. The number of para-hydroxylation sites is 1. The molecule has 4 aromatic carbocycles. The molecule has 674 valence electrons. The second kappa shape index (κ2) is 37.8. The predicted molar refractivity (Wildman–Crippen MR) is 528 cm³/mol. The molecule has 0 saturated carbocycles. The number of piperazine rings is 3. The first-order chi connectivity index (χ1) is 64.6. The molecule has 17 aromatic rings. The van der Waals surface area contributed by atoms with Gasteiger partial charge in [0.05, 0.1) is 132 Å². The third-order valence-corrected chi connectivity index (χ3v) is 28.9. The van der Waals surface area contributed by atoms with E-state index in [1.807, 2.05) is 137 Å². The molecule has 0 spiro atoms. The minimum atomic E-state index is 0.673. The zero-order valence-electron chi connectivity index (χ0n) is 76.5. The molecule has 0 bridgehead atoms. The SMILES string of the molecule is Cc1cc(-c2cnn3cc(N4CCN(c5ccncc5)CC4)cnc23)c2ccccc2n1.Cc1cc2c(-c3cnn4cc(N5CCC(N6CCN(C)CC6)CC5)cnc34)ccnc2cc1Cl.Cc1cc2nccc(-c3cnn4cc(N5CCC(N6CCN(C)CC6)CC5)cnc34)c2cc1C.Cc1ccc2nccc(-c3cnn4cc(N5CCC(N6CCOCC6)CC5)cnc34)c2c1. The van der Waals surface area contributed by atoms with Gasteiger partial charge in [0, 0.05) is 240 Å². The number of aryl methyl sites for hydroxylation is 5. The Bertz CT molecular complexity index is 6780. The molecule has 7 aliphatic rings. The maximum atomic E-state index is 6.33. The first-order valence-corrected chi connectivity index (χ1v) is 47.3. The molecule has 132 heavy (non-hydrogen) atoms. The average molecular weight is 1780 g/mol. The quantitative estimate of drug-likeness (QED) is 0.111. The molecular weight excluding hydrogens is 1670 g/mol. The summed E-state index contributed by atoms with van der Waals surface area (Å²) in [4.78, 5) is 66.8. The first-order valence-electron chi connectivity index (χ1n) is 46.9. The summed E-state index contributed by atoms with van der Waals surface area (Å²) in [5.41, 5.74) is 27.5. The lowest BCUT2D eigenvalue weighted by Crippen LogP contribution is -2.52. The minimum absolute atomic E-state index is 0.673. The Labute approximate surface area is 774 Å².